The van der Waals surface area contributed by atoms with Crippen LogP contribution in [0.2, 0.25) is 0 Å². The van der Waals surface area contributed by atoms with E-state index in [1.54, 1.807) is 6.33 Å². The van der Waals surface area contributed by atoms with Gasteiger partial charge in [-0.2, -0.15) is 0 Å². The SMILES string of the molecule is CCCCCOC(=O)[C@@H]1CCCCN1CNc1ccc2nc[nH]c2c1. The summed E-state index contributed by atoms with van der Waals surface area (Å²) in [5.74, 6) is -0.0679. The summed E-state index contributed by atoms with van der Waals surface area (Å²) in [6, 6.07) is 5.93. The van der Waals surface area contributed by atoms with Crippen molar-refractivity contribution < 1.29 is 9.53 Å². The number of fused-ring (bicyclic) bond motifs is 1. The smallest absolute Gasteiger partial charge is 0.323 e. The van der Waals surface area contributed by atoms with Gasteiger partial charge in [0.15, 0.2) is 0 Å². The van der Waals surface area contributed by atoms with Crippen LogP contribution in [0.5, 0.6) is 0 Å². The zero-order valence-corrected chi connectivity index (χ0v) is 15.0. The summed E-state index contributed by atoms with van der Waals surface area (Å²) < 4.78 is 5.49. The van der Waals surface area contributed by atoms with Crippen molar-refractivity contribution in [2.24, 2.45) is 0 Å². The first-order chi connectivity index (χ1) is 12.3. The van der Waals surface area contributed by atoms with Crippen molar-refractivity contribution in [1.29, 1.82) is 0 Å². The van der Waals surface area contributed by atoms with Crippen LogP contribution in [0.3, 0.4) is 0 Å². The number of rotatable bonds is 8. The molecular weight excluding hydrogens is 316 g/mol. The number of nitrogens with one attached hydrogen (secondary N) is 2. The van der Waals surface area contributed by atoms with Crippen LogP contribution < -0.4 is 5.32 Å². The van der Waals surface area contributed by atoms with E-state index in [-0.39, 0.29) is 12.0 Å². The topological polar surface area (TPSA) is 70.2 Å². The van der Waals surface area contributed by atoms with Gasteiger partial charge in [0, 0.05) is 12.2 Å². The highest BCUT2D eigenvalue weighted by Gasteiger charge is 2.29. The number of hydrogen-bond acceptors (Lipinski definition) is 5. The fourth-order valence-electron chi connectivity index (χ4n) is 3.31. The molecule has 0 amide bonds. The second-order valence-corrected chi connectivity index (χ2v) is 6.67. The molecule has 6 heteroatoms. The highest BCUT2D eigenvalue weighted by molar-refractivity contribution is 5.79. The van der Waals surface area contributed by atoms with Gasteiger partial charge >= 0.3 is 5.97 Å². The molecule has 1 saturated heterocycles. The molecule has 1 aliphatic heterocycles. The predicted octanol–water partition coefficient (Wildman–Crippen LogP) is 3.52. The van der Waals surface area contributed by atoms with Gasteiger partial charge in [0.25, 0.3) is 0 Å². The number of anilines is 1. The Morgan fingerprint density at radius 2 is 2.32 bits per heavy atom. The van der Waals surface area contributed by atoms with Crippen LogP contribution in [0.4, 0.5) is 5.69 Å². The Labute approximate surface area is 149 Å². The standard InChI is InChI=1S/C19H28N4O2/c1-2-3-6-11-25-19(24)18-7-4-5-10-23(18)14-22-15-8-9-16-17(12-15)21-13-20-16/h8-9,12-13,18,22H,2-7,10-11,14H2,1H3,(H,20,21)/t18-/m0/s1. The van der Waals surface area contributed by atoms with Crippen molar-refractivity contribution in [2.75, 3.05) is 25.1 Å². The lowest BCUT2D eigenvalue weighted by molar-refractivity contribution is -0.151. The summed E-state index contributed by atoms with van der Waals surface area (Å²) in [5.41, 5.74) is 2.99. The van der Waals surface area contributed by atoms with Gasteiger partial charge in [0.1, 0.15) is 6.04 Å². The van der Waals surface area contributed by atoms with Crippen LogP contribution in [0.25, 0.3) is 11.0 Å². The average molecular weight is 344 g/mol. The minimum absolute atomic E-state index is 0.0679. The Balaban J connectivity index is 1.54. The third-order valence-corrected chi connectivity index (χ3v) is 4.78. The molecule has 3 rings (SSSR count). The highest BCUT2D eigenvalue weighted by atomic mass is 16.5. The number of likely N-dealkylation sites (tertiary alicyclic amines) is 1. The minimum Gasteiger partial charge on any atom is -0.465 e. The van der Waals surface area contributed by atoms with E-state index in [9.17, 15) is 4.79 Å². The van der Waals surface area contributed by atoms with E-state index >= 15 is 0 Å². The lowest BCUT2D eigenvalue weighted by Crippen LogP contribution is -2.47. The van der Waals surface area contributed by atoms with E-state index in [0.717, 1.165) is 61.8 Å². The molecule has 0 unspecified atom stereocenters. The van der Waals surface area contributed by atoms with Gasteiger partial charge < -0.3 is 15.0 Å². The molecule has 1 aromatic heterocycles. The van der Waals surface area contributed by atoms with Crippen molar-refractivity contribution >= 4 is 22.7 Å². The molecule has 0 saturated carbocycles. The maximum atomic E-state index is 12.4. The number of benzene rings is 1. The Morgan fingerprint density at radius 1 is 1.40 bits per heavy atom. The van der Waals surface area contributed by atoms with Crippen LogP contribution in [-0.2, 0) is 9.53 Å². The third-order valence-electron chi connectivity index (χ3n) is 4.78. The van der Waals surface area contributed by atoms with Crippen LogP contribution in [0.1, 0.15) is 45.4 Å². The predicted molar refractivity (Wildman–Crippen MR) is 99.4 cm³/mol. The number of carbonyl (C=O) groups excluding carboxylic acids is 1. The first-order valence-corrected chi connectivity index (χ1v) is 9.35. The molecule has 1 aromatic carbocycles. The van der Waals surface area contributed by atoms with Gasteiger partial charge in [-0.15, -0.1) is 0 Å². The molecule has 136 valence electrons. The number of esters is 1. The Morgan fingerprint density at radius 3 is 3.20 bits per heavy atom. The van der Waals surface area contributed by atoms with Crippen molar-refractivity contribution in [3.05, 3.63) is 24.5 Å². The van der Waals surface area contributed by atoms with Gasteiger partial charge in [0.05, 0.1) is 30.6 Å². The number of aromatic nitrogens is 2. The molecule has 6 nitrogen and oxygen atoms in total. The molecule has 1 fully saturated rings. The van der Waals surface area contributed by atoms with Gasteiger partial charge in [-0.25, -0.2) is 4.98 Å². The number of nitrogens with zero attached hydrogens (tertiary/aromatic N) is 2. The summed E-state index contributed by atoms with van der Waals surface area (Å²) in [4.78, 5) is 22.0. The average Bonchev–Trinajstić information content (AvgIpc) is 3.11. The van der Waals surface area contributed by atoms with Crippen LogP contribution >= 0.6 is 0 Å². The summed E-state index contributed by atoms with van der Waals surface area (Å²) in [5, 5.41) is 3.43. The van der Waals surface area contributed by atoms with Gasteiger partial charge in [-0.05, 0) is 37.5 Å². The Bertz CT molecular complexity index is 685. The molecule has 0 bridgehead atoms. The summed E-state index contributed by atoms with van der Waals surface area (Å²) in [6.07, 6.45) is 8.00. The molecule has 2 aromatic rings. The molecule has 1 atom stereocenters. The van der Waals surface area contributed by atoms with Gasteiger partial charge in [-0.1, -0.05) is 26.2 Å². The van der Waals surface area contributed by atoms with Crippen molar-refractivity contribution in [3.63, 3.8) is 0 Å². The number of carbonyl (C=O) groups is 1. The van der Waals surface area contributed by atoms with E-state index in [0.29, 0.717) is 13.3 Å². The molecule has 2 N–H and O–H groups in total. The van der Waals surface area contributed by atoms with Crippen molar-refractivity contribution in [3.8, 4) is 0 Å². The quantitative estimate of drug-likeness (QED) is 0.566. The molecule has 0 aliphatic carbocycles. The Kier molecular flexibility index (Phi) is 6.28. The molecular formula is C19H28N4O2. The second-order valence-electron chi connectivity index (χ2n) is 6.67. The fraction of sp³-hybridized carbons (Fsp3) is 0.579. The molecule has 1 aliphatic rings. The summed E-state index contributed by atoms with van der Waals surface area (Å²) in [7, 11) is 0. The van der Waals surface area contributed by atoms with Crippen LogP contribution in [0.15, 0.2) is 24.5 Å². The van der Waals surface area contributed by atoms with E-state index in [4.69, 9.17) is 4.74 Å². The van der Waals surface area contributed by atoms with Crippen molar-refractivity contribution in [2.45, 2.75) is 51.5 Å². The number of imidazole rings is 1. The first kappa shape index (κ1) is 17.7. The van der Waals surface area contributed by atoms with E-state index in [2.05, 4.69) is 27.1 Å². The lowest BCUT2D eigenvalue weighted by atomic mass is 10.0. The number of hydrogen-bond donors (Lipinski definition) is 2. The molecule has 2 heterocycles. The maximum absolute atomic E-state index is 12.4. The highest BCUT2D eigenvalue weighted by Crippen LogP contribution is 2.20. The number of piperidine rings is 1. The monoisotopic (exact) mass is 344 g/mol. The fourth-order valence-corrected chi connectivity index (χ4v) is 3.31. The van der Waals surface area contributed by atoms with Gasteiger partial charge in [-0.3, -0.25) is 9.69 Å². The Hall–Kier alpha value is -2.08. The first-order valence-electron chi connectivity index (χ1n) is 9.35. The summed E-state index contributed by atoms with van der Waals surface area (Å²) >= 11 is 0. The summed E-state index contributed by atoms with van der Waals surface area (Å²) in [6.45, 7) is 4.26. The molecule has 0 spiro atoms. The minimum atomic E-state index is -0.126. The zero-order chi connectivity index (χ0) is 17.5. The second kappa shape index (κ2) is 8.85. The number of aromatic amines is 1. The molecule has 25 heavy (non-hydrogen) atoms. The van der Waals surface area contributed by atoms with E-state index in [1.807, 2.05) is 18.2 Å². The lowest BCUT2D eigenvalue weighted by Gasteiger charge is -2.34. The largest absolute Gasteiger partial charge is 0.465 e. The maximum Gasteiger partial charge on any atom is 0.323 e. The van der Waals surface area contributed by atoms with Crippen LogP contribution in [0, 0.1) is 0 Å². The van der Waals surface area contributed by atoms with E-state index in [1.165, 1.54) is 0 Å². The van der Waals surface area contributed by atoms with Crippen LogP contribution in [-0.4, -0.2) is 46.7 Å². The number of ether oxygens (including phenoxy) is 1. The normalized spacial score (nSPS) is 18.4. The van der Waals surface area contributed by atoms with E-state index < -0.39 is 0 Å². The number of H-pyrrole nitrogens is 1. The third kappa shape index (κ3) is 4.72. The van der Waals surface area contributed by atoms with Crippen molar-refractivity contribution in [1.82, 2.24) is 14.9 Å². The number of unbranched alkanes of at least 4 members (excludes halogenated alkanes) is 2. The molecule has 0 radical (unpaired) electrons. The van der Waals surface area contributed by atoms with Gasteiger partial charge in [0.2, 0.25) is 0 Å². The zero-order valence-electron chi connectivity index (χ0n) is 15.0.